The lowest BCUT2D eigenvalue weighted by atomic mass is 9.95. The number of aromatic nitrogens is 2. The summed E-state index contributed by atoms with van der Waals surface area (Å²) in [5.74, 6) is 2.04. The van der Waals surface area contributed by atoms with Crippen molar-refractivity contribution in [3.63, 3.8) is 0 Å². The van der Waals surface area contributed by atoms with E-state index < -0.39 is 0 Å². The summed E-state index contributed by atoms with van der Waals surface area (Å²) in [5, 5.41) is 6.93. The van der Waals surface area contributed by atoms with E-state index in [1.807, 2.05) is 6.92 Å². The number of piperidine rings is 1. The fraction of sp³-hybridized carbons (Fsp3) is 0.800. The van der Waals surface area contributed by atoms with Crippen molar-refractivity contribution in [2.45, 2.75) is 52.5 Å². The predicted octanol–water partition coefficient (Wildman–Crippen LogP) is 2.10. The molecule has 0 aromatic carbocycles. The zero-order valence-electron chi connectivity index (χ0n) is 13.4. The molecule has 1 saturated heterocycles. The minimum Gasteiger partial charge on any atom is -0.356 e. The number of hydrogen-bond donors (Lipinski definition) is 1. The van der Waals surface area contributed by atoms with E-state index in [0.29, 0.717) is 12.4 Å². The Morgan fingerprint density at radius 1 is 1.38 bits per heavy atom. The number of carbonyl (C=O) groups is 1. The molecule has 1 amide bonds. The molecule has 1 fully saturated rings. The average molecular weight is 294 g/mol. The Bertz CT molecular complexity index is 464. The predicted molar refractivity (Wildman–Crippen MR) is 79.8 cm³/mol. The second kappa shape index (κ2) is 7.02. The van der Waals surface area contributed by atoms with Crippen LogP contribution >= 0.6 is 0 Å². The third-order valence-corrected chi connectivity index (χ3v) is 4.13. The summed E-state index contributed by atoms with van der Waals surface area (Å²) in [7, 11) is 0. The Morgan fingerprint density at radius 2 is 2.05 bits per heavy atom. The fourth-order valence-corrected chi connectivity index (χ4v) is 2.68. The number of nitrogens with one attached hydrogen (secondary N) is 1. The lowest BCUT2D eigenvalue weighted by Gasteiger charge is -2.33. The van der Waals surface area contributed by atoms with Gasteiger partial charge in [-0.25, -0.2) is 0 Å². The monoisotopic (exact) mass is 294 g/mol. The highest BCUT2D eigenvalue weighted by Gasteiger charge is 2.29. The molecule has 0 saturated carbocycles. The van der Waals surface area contributed by atoms with E-state index in [1.54, 1.807) is 0 Å². The molecule has 1 aromatic rings. The van der Waals surface area contributed by atoms with Crippen LogP contribution in [0.4, 0.5) is 0 Å². The highest BCUT2D eigenvalue weighted by Crippen LogP contribution is 2.26. The first-order valence-electron chi connectivity index (χ1n) is 7.88. The molecule has 0 unspecified atom stereocenters. The Kier molecular flexibility index (Phi) is 5.33. The summed E-state index contributed by atoms with van der Waals surface area (Å²) in [5.41, 5.74) is 0. The van der Waals surface area contributed by atoms with Crippen LogP contribution in [0.25, 0.3) is 0 Å². The van der Waals surface area contributed by atoms with Gasteiger partial charge in [0, 0.05) is 18.4 Å². The molecule has 0 radical (unpaired) electrons. The molecular weight excluding hydrogens is 268 g/mol. The molecule has 6 nitrogen and oxygen atoms in total. The summed E-state index contributed by atoms with van der Waals surface area (Å²) in [4.78, 5) is 18.6. The Morgan fingerprint density at radius 3 is 2.57 bits per heavy atom. The van der Waals surface area contributed by atoms with Gasteiger partial charge in [-0.2, -0.15) is 4.98 Å². The van der Waals surface area contributed by atoms with Crippen molar-refractivity contribution in [3.05, 3.63) is 11.7 Å². The molecule has 0 bridgehead atoms. The molecule has 1 aromatic heterocycles. The van der Waals surface area contributed by atoms with E-state index in [-0.39, 0.29) is 23.8 Å². The van der Waals surface area contributed by atoms with Crippen molar-refractivity contribution in [1.82, 2.24) is 20.4 Å². The smallest absolute Gasteiger partial charge is 0.243 e. The Balaban J connectivity index is 1.90. The van der Waals surface area contributed by atoms with Crippen molar-refractivity contribution < 1.29 is 9.32 Å². The molecular formula is C15H26N4O2. The summed E-state index contributed by atoms with van der Waals surface area (Å²) in [6, 6.07) is 0.111. The van der Waals surface area contributed by atoms with Gasteiger partial charge in [0.2, 0.25) is 11.8 Å². The highest BCUT2D eigenvalue weighted by molar-refractivity contribution is 5.78. The van der Waals surface area contributed by atoms with Gasteiger partial charge in [-0.15, -0.1) is 0 Å². The van der Waals surface area contributed by atoms with E-state index in [4.69, 9.17) is 4.52 Å². The molecule has 1 atom stereocenters. The molecule has 0 spiro atoms. The zero-order valence-corrected chi connectivity index (χ0v) is 13.4. The Labute approximate surface area is 126 Å². The minimum absolute atomic E-state index is 0.111. The van der Waals surface area contributed by atoms with E-state index in [1.165, 1.54) is 0 Å². The third kappa shape index (κ3) is 3.81. The highest BCUT2D eigenvalue weighted by atomic mass is 16.5. The zero-order chi connectivity index (χ0) is 15.4. The van der Waals surface area contributed by atoms with Gasteiger partial charge in [0.25, 0.3) is 0 Å². The van der Waals surface area contributed by atoms with Crippen molar-refractivity contribution in [2.24, 2.45) is 5.92 Å². The number of nitrogens with zero attached hydrogens (tertiary/aromatic N) is 3. The van der Waals surface area contributed by atoms with Gasteiger partial charge in [0.05, 0.1) is 6.04 Å². The molecule has 1 aliphatic rings. The van der Waals surface area contributed by atoms with Crippen LogP contribution in [0.1, 0.15) is 64.2 Å². The number of hydrogen-bond acceptors (Lipinski definition) is 5. The maximum atomic E-state index is 11.9. The second-order valence-corrected chi connectivity index (χ2v) is 6.03. The summed E-state index contributed by atoms with van der Waals surface area (Å²) < 4.78 is 5.37. The van der Waals surface area contributed by atoms with Crippen molar-refractivity contribution >= 4 is 5.91 Å². The first-order valence-corrected chi connectivity index (χ1v) is 7.88. The summed E-state index contributed by atoms with van der Waals surface area (Å²) >= 11 is 0. The van der Waals surface area contributed by atoms with Crippen LogP contribution in [0.5, 0.6) is 0 Å². The third-order valence-electron chi connectivity index (χ3n) is 4.13. The van der Waals surface area contributed by atoms with Crippen molar-refractivity contribution in [3.8, 4) is 0 Å². The molecule has 0 aliphatic carbocycles. The molecule has 6 heteroatoms. The van der Waals surface area contributed by atoms with Crippen LogP contribution in [0.15, 0.2) is 4.52 Å². The first kappa shape index (κ1) is 15.9. The quantitative estimate of drug-likeness (QED) is 0.900. The maximum absolute atomic E-state index is 11.9. The van der Waals surface area contributed by atoms with E-state index in [9.17, 15) is 4.79 Å². The van der Waals surface area contributed by atoms with Gasteiger partial charge in [-0.3, -0.25) is 9.69 Å². The maximum Gasteiger partial charge on any atom is 0.243 e. The van der Waals surface area contributed by atoms with Gasteiger partial charge in [0.1, 0.15) is 0 Å². The van der Waals surface area contributed by atoms with Gasteiger partial charge in [-0.1, -0.05) is 19.0 Å². The van der Waals surface area contributed by atoms with E-state index >= 15 is 0 Å². The van der Waals surface area contributed by atoms with Crippen LogP contribution < -0.4 is 5.32 Å². The number of rotatable bonds is 5. The lowest BCUT2D eigenvalue weighted by Crippen LogP contribution is -2.41. The lowest BCUT2D eigenvalue weighted by molar-refractivity contribution is -0.126. The van der Waals surface area contributed by atoms with Gasteiger partial charge >= 0.3 is 0 Å². The topological polar surface area (TPSA) is 71.3 Å². The largest absolute Gasteiger partial charge is 0.356 e. The standard InChI is InChI=1S/C15H26N4O2/c1-5-16-14(20)12-6-8-19(9-7-12)11(4)15-17-13(10(2)3)18-21-15/h10-12H,5-9H2,1-4H3,(H,16,20)/t11-/m0/s1. The normalized spacial score (nSPS) is 18.9. The fourth-order valence-electron chi connectivity index (χ4n) is 2.68. The number of likely N-dealkylation sites (tertiary alicyclic amines) is 1. The van der Waals surface area contributed by atoms with Crippen molar-refractivity contribution in [2.75, 3.05) is 19.6 Å². The van der Waals surface area contributed by atoms with Gasteiger partial charge in [0.15, 0.2) is 5.82 Å². The molecule has 2 rings (SSSR count). The Hall–Kier alpha value is -1.43. The minimum atomic E-state index is 0.111. The van der Waals surface area contributed by atoms with Crippen LogP contribution in [0.3, 0.4) is 0 Å². The molecule has 118 valence electrons. The van der Waals surface area contributed by atoms with Gasteiger partial charge < -0.3 is 9.84 Å². The summed E-state index contributed by atoms with van der Waals surface area (Å²) in [6.45, 7) is 10.6. The van der Waals surface area contributed by atoms with Crippen LogP contribution in [-0.4, -0.2) is 40.6 Å². The number of carbonyl (C=O) groups excluding carboxylic acids is 1. The van der Waals surface area contributed by atoms with Gasteiger partial charge in [-0.05, 0) is 39.8 Å². The average Bonchev–Trinajstić information content (AvgIpc) is 2.97. The van der Waals surface area contributed by atoms with Crippen LogP contribution in [0.2, 0.25) is 0 Å². The van der Waals surface area contributed by atoms with Crippen molar-refractivity contribution in [1.29, 1.82) is 0 Å². The number of amides is 1. The van der Waals surface area contributed by atoms with E-state index in [2.05, 4.69) is 41.1 Å². The van der Waals surface area contributed by atoms with Crippen LogP contribution in [0, 0.1) is 5.92 Å². The van der Waals surface area contributed by atoms with E-state index in [0.717, 1.165) is 31.8 Å². The second-order valence-electron chi connectivity index (χ2n) is 6.03. The molecule has 1 N–H and O–H groups in total. The van der Waals surface area contributed by atoms with Crippen LogP contribution in [-0.2, 0) is 4.79 Å². The SMILES string of the molecule is CCNC(=O)C1CCN([C@@H](C)c2nc(C(C)C)no2)CC1. The molecule has 1 aliphatic heterocycles. The first-order chi connectivity index (χ1) is 10.0. The molecule has 21 heavy (non-hydrogen) atoms. The summed E-state index contributed by atoms with van der Waals surface area (Å²) in [6.07, 6.45) is 1.78. The molecule has 2 heterocycles.